The molecular weight excluding hydrogens is 1220 g/mol. The summed E-state index contributed by atoms with van der Waals surface area (Å²) in [5.74, 6) is -10.8. The molecule has 94 heavy (non-hydrogen) atoms. The molecule has 2 heterocycles. The third-order valence-corrected chi connectivity index (χ3v) is 15.8. The van der Waals surface area contributed by atoms with Gasteiger partial charge in [0.25, 0.3) is 0 Å². The average molecular weight is 1320 g/mol. The van der Waals surface area contributed by atoms with E-state index >= 15 is 0 Å². The number of carbonyl (C=O) groups is 12. The van der Waals surface area contributed by atoms with Gasteiger partial charge in [-0.3, -0.25) is 67.5 Å². The Labute approximate surface area is 546 Å². The lowest BCUT2D eigenvalue weighted by Crippen LogP contribution is -2.61. The van der Waals surface area contributed by atoms with E-state index in [-0.39, 0.29) is 114 Å². The molecule has 0 bridgehead atoms. The number of primary amides is 1. The minimum Gasteiger partial charge on any atom is -0.508 e. The molecule has 25 N–H and O–H groups in total. The van der Waals surface area contributed by atoms with Gasteiger partial charge in [0.05, 0.1) is 25.6 Å². The number of hydrogen-bond acceptors (Lipinski definition) is 17. The topological polar surface area (TPSA) is 555 Å². The number of benzene rings is 2. The number of guanidine groups is 2. The summed E-state index contributed by atoms with van der Waals surface area (Å²) in [6, 6.07) is 2.57. The van der Waals surface area contributed by atoms with Gasteiger partial charge in [-0.05, 0) is 119 Å². The third-order valence-electron chi connectivity index (χ3n) is 15.8. The molecule has 2 aliphatic heterocycles. The van der Waals surface area contributed by atoms with E-state index in [1.54, 1.807) is 56.3 Å². The summed E-state index contributed by atoms with van der Waals surface area (Å²) in [7, 11) is 0. The van der Waals surface area contributed by atoms with E-state index in [2.05, 4.69) is 63.2 Å². The Bertz CT molecular complexity index is 2950. The molecule has 2 aromatic carbocycles. The third kappa shape index (κ3) is 27.3. The van der Waals surface area contributed by atoms with Crippen LogP contribution >= 0.6 is 0 Å². The van der Waals surface area contributed by atoms with Gasteiger partial charge in [0.2, 0.25) is 70.9 Å². The highest BCUT2D eigenvalue weighted by Crippen LogP contribution is 2.21. The number of rotatable bonds is 30. The molecule has 2 unspecified atom stereocenters. The minimum absolute atomic E-state index is 0.00363. The zero-order valence-electron chi connectivity index (χ0n) is 53.5. The van der Waals surface area contributed by atoms with Crippen LogP contribution in [0.25, 0.3) is 0 Å². The van der Waals surface area contributed by atoms with Crippen LogP contribution in [0.4, 0.5) is 0 Å². The molecule has 0 radical (unpaired) electrons. The van der Waals surface area contributed by atoms with Crippen molar-refractivity contribution in [2.45, 2.75) is 171 Å². The predicted molar refractivity (Wildman–Crippen MR) is 347 cm³/mol. The van der Waals surface area contributed by atoms with Gasteiger partial charge in [-0.1, -0.05) is 62.7 Å². The van der Waals surface area contributed by atoms with E-state index in [0.717, 1.165) is 0 Å². The predicted octanol–water partition coefficient (Wildman–Crippen LogP) is -5.42. The number of amides is 12. The van der Waals surface area contributed by atoms with Crippen LogP contribution in [-0.4, -0.2) is 193 Å². The molecule has 0 saturated carbocycles. The molecule has 0 aromatic heterocycles. The first kappa shape index (κ1) is 76.8. The van der Waals surface area contributed by atoms with E-state index < -0.39 is 151 Å². The molecule has 2 aromatic rings. The van der Waals surface area contributed by atoms with Crippen molar-refractivity contribution < 1.29 is 62.6 Å². The summed E-state index contributed by atoms with van der Waals surface area (Å²) in [6.45, 7) is 2.50. The Morgan fingerprint density at radius 1 is 0.670 bits per heavy atom. The van der Waals surface area contributed by atoms with Gasteiger partial charge < -0.3 is 103 Å². The number of likely N-dealkylation sites (tertiary alicyclic amines) is 1. The number of aromatic hydroxyl groups is 1. The summed E-state index contributed by atoms with van der Waals surface area (Å²) in [5, 5.41) is 35.9. The Hall–Kier alpha value is -9.66. The van der Waals surface area contributed by atoms with Crippen molar-refractivity contribution in [3.63, 3.8) is 0 Å². The summed E-state index contributed by atoms with van der Waals surface area (Å²) in [5.41, 5.74) is 40.9. The molecule has 10 atom stereocenters. The SMILES string of the molecule is CC[C@H](C)[C@@H]1NC(=O)[C@H](CCCN=C(N)N)NC(=O)C(CCCN=C(N)N)NC(=O)[C@@H](NC(=O)[C@H](Cc2ccccc2)NC(=O)CNC(=O)CNC(=O)[C@@H](N)Cc2ccc(O)cc2)CCCCNC(=O)CC(C(=O)N2CCC[C@H]2C(=O)N[C@@H](CCCCN)C(N)=O)NC1=O. The maximum Gasteiger partial charge on any atom is 0.246 e. The number of phenols is 1. The Morgan fingerprint density at radius 3 is 1.90 bits per heavy atom. The summed E-state index contributed by atoms with van der Waals surface area (Å²) in [4.78, 5) is 177. The molecule has 33 heteroatoms. The van der Waals surface area contributed by atoms with Gasteiger partial charge >= 0.3 is 0 Å². The van der Waals surface area contributed by atoms with Crippen molar-refractivity contribution >= 4 is 82.8 Å². The van der Waals surface area contributed by atoms with Crippen LogP contribution in [-0.2, 0) is 70.4 Å². The van der Waals surface area contributed by atoms with E-state index in [9.17, 15) is 62.6 Å². The number of carbonyl (C=O) groups excluding carboxylic acids is 12. The van der Waals surface area contributed by atoms with Gasteiger partial charge in [-0.25, -0.2) is 0 Å². The number of nitrogens with one attached hydrogen (secondary N) is 10. The number of phenolic OH excluding ortho intramolecular Hbond substituents is 1. The summed E-state index contributed by atoms with van der Waals surface area (Å²) in [6.07, 6.45) is 1.41. The van der Waals surface area contributed by atoms with Crippen LogP contribution in [0.3, 0.4) is 0 Å². The largest absolute Gasteiger partial charge is 0.508 e. The van der Waals surface area contributed by atoms with E-state index in [4.69, 9.17) is 40.1 Å². The van der Waals surface area contributed by atoms with Gasteiger partial charge in [0.15, 0.2) is 11.9 Å². The number of hydrogen-bond donors (Lipinski definition) is 18. The van der Waals surface area contributed by atoms with Gasteiger partial charge in [0, 0.05) is 32.6 Å². The fourth-order valence-corrected chi connectivity index (χ4v) is 10.4. The van der Waals surface area contributed by atoms with Crippen LogP contribution in [0.2, 0.25) is 0 Å². The van der Waals surface area contributed by atoms with E-state index in [1.165, 1.54) is 17.0 Å². The molecule has 2 fully saturated rings. The Morgan fingerprint density at radius 2 is 1.29 bits per heavy atom. The maximum atomic E-state index is 14.8. The van der Waals surface area contributed by atoms with Crippen LogP contribution in [0.5, 0.6) is 5.75 Å². The van der Waals surface area contributed by atoms with Crippen LogP contribution < -0.4 is 93.3 Å². The highest BCUT2D eigenvalue weighted by atomic mass is 16.3. The first-order valence-corrected chi connectivity index (χ1v) is 31.7. The molecule has 0 aliphatic carbocycles. The van der Waals surface area contributed by atoms with Gasteiger partial charge in [-0.2, -0.15) is 0 Å². The monoisotopic (exact) mass is 1320 g/mol. The summed E-state index contributed by atoms with van der Waals surface area (Å²) < 4.78 is 0. The smallest absolute Gasteiger partial charge is 0.246 e. The molecule has 518 valence electrons. The quantitative estimate of drug-likeness (QED) is 0.0197. The molecule has 33 nitrogen and oxygen atoms in total. The van der Waals surface area contributed by atoms with Crippen LogP contribution in [0, 0.1) is 5.92 Å². The fourth-order valence-electron chi connectivity index (χ4n) is 10.4. The second-order valence-corrected chi connectivity index (χ2v) is 23.3. The van der Waals surface area contributed by atoms with Crippen molar-refractivity contribution in [2.24, 2.45) is 56.0 Å². The lowest BCUT2D eigenvalue weighted by Gasteiger charge is -2.32. The molecule has 2 saturated heterocycles. The number of unbranched alkanes of at least 4 members (excludes halogenated alkanes) is 1. The zero-order valence-corrected chi connectivity index (χ0v) is 53.5. The number of nitrogens with two attached hydrogens (primary N) is 7. The van der Waals surface area contributed by atoms with E-state index in [1.807, 2.05) is 0 Å². The Kier molecular flexibility index (Phi) is 33.0. The molecule has 0 spiro atoms. The lowest BCUT2D eigenvalue weighted by molar-refractivity contribution is -0.143. The minimum atomic E-state index is -1.62. The van der Waals surface area contributed by atoms with Crippen LogP contribution in [0.15, 0.2) is 64.6 Å². The van der Waals surface area contributed by atoms with Gasteiger partial charge in [0.1, 0.15) is 54.1 Å². The van der Waals surface area contributed by atoms with Crippen molar-refractivity contribution in [1.82, 2.24) is 58.1 Å². The molecular formula is C61H96N20O13. The van der Waals surface area contributed by atoms with Gasteiger partial charge in [-0.15, -0.1) is 0 Å². The lowest BCUT2D eigenvalue weighted by atomic mass is 9.96. The Balaban J connectivity index is 1.68. The van der Waals surface area contributed by atoms with Crippen molar-refractivity contribution in [3.8, 4) is 5.75 Å². The second-order valence-electron chi connectivity index (χ2n) is 23.3. The van der Waals surface area contributed by atoms with E-state index in [0.29, 0.717) is 43.4 Å². The first-order valence-electron chi connectivity index (χ1n) is 31.7. The molecule has 12 amide bonds. The highest BCUT2D eigenvalue weighted by molar-refractivity contribution is 6.00. The molecule has 4 rings (SSSR count). The van der Waals surface area contributed by atoms with Crippen molar-refractivity contribution in [1.29, 1.82) is 0 Å². The zero-order chi connectivity index (χ0) is 69.3. The fraction of sp³-hybridized carbons (Fsp3) is 0.574. The normalized spacial score (nSPS) is 20.5. The maximum absolute atomic E-state index is 14.8. The summed E-state index contributed by atoms with van der Waals surface area (Å²) >= 11 is 0. The first-order chi connectivity index (χ1) is 44.8. The second kappa shape index (κ2) is 40.3. The van der Waals surface area contributed by atoms with Crippen molar-refractivity contribution in [3.05, 3.63) is 65.7 Å². The number of aliphatic imine (C=N–C) groups is 2. The van der Waals surface area contributed by atoms with Crippen LogP contribution in [0.1, 0.15) is 115 Å². The number of nitrogens with zero attached hydrogens (tertiary/aromatic N) is 3. The average Bonchev–Trinajstić information content (AvgIpc) is 1.58. The standard InChI is InChI=1S/C61H96N20O13/c1-3-35(2)50-58(93)79-45(59(94)81-29-13-20-46(81)57(92)75-40(51(64)86)16-7-9-25-62)32-47(83)69-26-10-8-17-41(53(88)76-42(18-11-27-70-60(65)66)54(89)77-43(55(90)80-50)19-12-28-71-61(67)68)78-56(91)44(31-36-14-5-4-6-15-36)74-49(85)34-72-48(84)33-73-52(87)39(63)30-37-21-23-38(82)24-22-37/h4-6,14-15,21-24,35,39-46,50,82H,3,7-13,16-20,25-34,62-63H2,1-2H3,(H2,64,86)(H,69,83)(H,72,84)(H,73,87)(H,74,85)(H,75,92)(H,76,88)(H,77,89)(H,78,91)(H,79,93)(H,80,90)(H4,65,66,70)(H4,67,68,71)/t35-,39-,40-,41-,42?,43-,44-,45?,46-,50-/m0/s1. The molecule has 2 aliphatic rings. The highest BCUT2D eigenvalue weighted by Gasteiger charge is 2.41. The van der Waals surface area contributed by atoms with Crippen molar-refractivity contribution in [2.75, 3.05) is 45.8 Å².